The van der Waals surface area contributed by atoms with Crippen LogP contribution in [0.3, 0.4) is 0 Å². The van der Waals surface area contributed by atoms with E-state index in [9.17, 15) is 4.79 Å². The molecular weight excluding hydrogens is 312 g/mol. The highest BCUT2D eigenvalue weighted by atomic mass is 16.1. The van der Waals surface area contributed by atoms with Crippen LogP contribution in [0.2, 0.25) is 0 Å². The minimum atomic E-state index is -0.149. The Kier molecular flexibility index (Phi) is 5.36. The first-order valence-corrected chi connectivity index (χ1v) is 8.48. The zero-order valence-corrected chi connectivity index (χ0v) is 14.5. The zero-order valence-electron chi connectivity index (χ0n) is 14.5. The van der Waals surface area contributed by atoms with E-state index in [0.717, 1.165) is 37.4 Å². The van der Waals surface area contributed by atoms with E-state index >= 15 is 0 Å². The molecule has 0 saturated carbocycles. The number of nitrogens with zero attached hydrogens (tertiary/aromatic N) is 2. The van der Waals surface area contributed by atoms with Crippen molar-refractivity contribution in [3.8, 4) is 0 Å². The standard InChI is InChI=1S/C20H24N4O/c1-23-12-14-24(15-13-23)19-9-7-18(8-10-19)22-20(25)11-4-16-2-5-17(21)6-3-16/h2-11H,12-15,21H2,1H3,(H,22,25)/b11-4+. The zero-order chi connectivity index (χ0) is 17.6. The lowest BCUT2D eigenvalue weighted by atomic mass is 10.2. The lowest BCUT2D eigenvalue weighted by Gasteiger charge is -2.34. The fourth-order valence-electron chi connectivity index (χ4n) is 2.78. The van der Waals surface area contributed by atoms with Crippen LogP contribution < -0.4 is 16.0 Å². The molecule has 2 aromatic carbocycles. The van der Waals surface area contributed by atoms with Gasteiger partial charge in [0.15, 0.2) is 0 Å². The van der Waals surface area contributed by atoms with E-state index < -0.39 is 0 Å². The van der Waals surface area contributed by atoms with Gasteiger partial charge in [0.05, 0.1) is 0 Å². The fourth-order valence-corrected chi connectivity index (χ4v) is 2.78. The molecule has 0 unspecified atom stereocenters. The van der Waals surface area contributed by atoms with Gasteiger partial charge in [-0.3, -0.25) is 4.79 Å². The molecule has 3 N–H and O–H groups in total. The number of nitrogens with two attached hydrogens (primary N) is 1. The maximum absolute atomic E-state index is 12.0. The third-order valence-corrected chi connectivity index (χ3v) is 4.37. The predicted octanol–water partition coefficient (Wildman–Crippen LogP) is 2.67. The maximum Gasteiger partial charge on any atom is 0.248 e. The summed E-state index contributed by atoms with van der Waals surface area (Å²) < 4.78 is 0. The van der Waals surface area contributed by atoms with Crippen LogP contribution in [0.5, 0.6) is 0 Å². The van der Waals surface area contributed by atoms with Crippen molar-refractivity contribution in [1.82, 2.24) is 4.90 Å². The Morgan fingerprint density at radius 2 is 1.64 bits per heavy atom. The number of benzene rings is 2. The summed E-state index contributed by atoms with van der Waals surface area (Å²) in [7, 11) is 2.15. The number of likely N-dealkylation sites (N-methyl/N-ethyl adjacent to an activating group) is 1. The number of anilines is 3. The van der Waals surface area contributed by atoms with Gasteiger partial charge in [-0.05, 0) is 55.1 Å². The van der Waals surface area contributed by atoms with Crippen molar-refractivity contribution < 1.29 is 4.79 Å². The normalized spacial score (nSPS) is 15.5. The lowest BCUT2D eigenvalue weighted by molar-refractivity contribution is -0.111. The summed E-state index contributed by atoms with van der Waals surface area (Å²) in [5, 5.41) is 2.88. The highest BCUT2D eigenvalue weighted by Crippen LogP contribution is 2.19. The summed E-state index contributed by atoms with van der Waals surface area (Å²) in [5.74, 6) is -0.149. The number of nitrogen functional groups attached to an aromatic ring is 1. The van der Waals surface area contributed by atoms with Gasteiger partial charge in [0.2, 0.25) is 5.91 Å². The highest BCUT2D eigenvalue weighted by molar-refractivity contribution is 6.02. The van der Waals surface area contributed by atoms with Crippen molar-refractivity contribution in [2.24, 2.45) is 0 Å². The Morgan fingerprint density at radius 3 is 2.28 bits per heavy atom. The minimum Gasteiger partial charge on any atom is -0.399 e. The fraction of sp³-hybridized carbons (Fsp3) is 0.250. The Hall–Kier alpha value is -2.79. The van der Waals surface area contributed by atoms with Crippen LogP contribution >= 0.6 is 0 Å². The van der Waals surface area contributed by atoms with E-state index in [2.05, 4.69) is 34.3 Å². The molecular formula is C20H24N4O. The van der Waals surface area contributed by atoms with E-state index in [4.69, 9.17) is 5.73 Å². The van der Waals surface area contributed by atoms with Gasteiger partial charge in [0.25, 0.3) is 0 Å². The molecule has 25 heavy (non-hydrogen) atoms. The second-order valence-electron chi connectivity index (χ2n) is 6.33. The Bertz CT molecular complexity index is 729. The third kappa shape index (κ3) is 4.84. The van der Waals surface area contributed by atoms with E-state index in [1.165, 1.54) is 11.8 Å². The van der Waals surface area contributed by atoms with Gasteiger partial charge in [-0.15, -0.1) is 0 Å². The summed E-state index contributed by atoms with van der Waals surface area (Å²) >= 11 is 0. The topological polar surface area (TPSA) is 61.6 Å². The molecule has 0 atom stereocenters. The molecule has 1 aliphatic rings. The minimum absolute atomic E-state index is 0.149. The van der Waals surface area contributed by atoms with Gasteiger partial charge in [-0.2, -0.15) is 0 Å². The van der Waals surface area contributed by atoms with Gasteiger partial charge in [-0.1, -0.05) is 12.1 Å². The maximum atomic E-state index is 12.0. The van der Waals surface area contributed by atoms with E-state index in [-0.39, 0.29) is 5.91 Å². The lowest BCUT2D eigenvalue weighted by Crippen LogP contribution is -2.44. The molecule has 1 heterocycles. The summed E-state index contributed by atoms with van der Waals surface area (Å²) in [6, 6.07) is 15.4. The molecule has 3 rings (SSSR count). The predicted molar refractivity (Wildman–Crippen MR) is 105 cm³/mol. The van der Waals surface area contributed by atoms with E-state index in [0.29, 0.717) is 5.69 Å². The van der Waals surface area contributed by atoms with E-state index in [1.807, 2.05) is 36.4 Å². The summed E-state index contributed by atoms with van der Waals surface area (Å²) in [6.45, 7) is 4.22. The van der Waals surface area contributed by atoms with Crippen LogP contribution in [0.1, 0.15) is 5.56 Å². The van der Waals surface area contributed by atoms with Gasteiger partial charge in [0.1, 0.15) is 0 Å². The van der Waals surface area contributed by atoms with Gasteiger partial charge in [-0.25, -0.2) is 0 Å². The van der Waals surface area contributed by atoms with Crippen LogP contribution in [-0.4, -0.2) is 44.0 Å². The summed E-state index contributed by atoms with van der Waals surface area (Å²) in [5.41, 5.74) is 9.29. The Labute approximate surface area is 148 Å². The van der Waals surface area contributed by atoms with Crippen LogP contribution in [0, 0.1) is 0 Å². The number of piperazine rings is 1. The van der Waals surface area contributed by atoms with Crippen LogP contribution in [-0.2, 0) is 4.79 Å². The second-order valence-corrected chi connectivity index (χ2v) is 6.33. The first kappa shape index (κ1) is 17.0. The molecule has 130 valence electrons. The van der Waals surface area contributed by atoms with Gasteiger partial charge >= 0.3 is 0 Å². The van der Waals surface area contributed by atoms with E-state index in [1.54, 1.807) is 6.08 Å². The summed E-state index contributed by atoms with van der Waals surface area (Å²) in [4.78, 5) is 16.7. The number of hydrogen-bond donors (Lipinski definition) is 2. The molecule has 0 radical (unpaired) electrons. The number of carbonyl (C=O) groups excluding carboxylic acids is 1. The first-order valence-electron chi connectivity index (χ1n) is 8.48. The summed E-state index contributed by atoms with van der Waals surface area (Å²) in [6.07, 6.45) is 3.30. The van der Waals surface area contributed by atoms with Crippen LogP contribution in [0.4, 0.5) is 17.1 Å². The SMILES string of the molecule is CN1CCN(c2ccc(NC(=O)/C=C/c3ccc(N)cc3)cc2)CC1. The van der Waals surface area contributed by atoms with Crippen molar-refractivity contribution >= 4 is 29.0 Å². The number of rotatable bonds is 4. The van der Waals surface area contributed by atoms with Crippen molar-refractivity contribution in [1.29, 1.82) is 0 Å². The molecule has 1 fully saturated rings. The van der Waals surface area contributed by atoms with Crippen molar-refractivity contribution in [3.05, 3.63) is 60.2 Å². The van der Waals surface area contributed by atoms with Gasteiger partial charge < -0.3 is 20.9 Å². The van der Waals surface area contributed by atoms with Gasteiger partial charge in [0, 0.05) is 49.3 Å². The molecule has 1 aliphatic heterocycles. The second kappa shape index (κ2) is 7.85. The molecule has 1 amide bonds. The number of hydrogen-bond acceptors (Lipinski definition) is 4. The number of amides is 1. The largest absolute Gasteiger partial charge is 0.399 e. The Balaban J connectivity index is 1.55. The van der Waals surface area contributed by atoms with Crippen molar-refractivity contribution in [2.45, 2.75) is 0 Å². The molecule has 0 aromatic heterocycles. The monoisotopic (exact) mass is 336 g/mol. The molecule has 2 aromatic rings. The highest BCUT2D eigenvalue weighted by Gasteiger charge is 2.13. The molecule has 0 aliphatic carbocycles. The smallest absolute Gasteiger partial charge is 0.248 e. The first-order chi connectivity index (χ1) is 12.1. The average molecular weight is 336 g/mol. The van der Waals surface area contributed by atoms with Crippen LogP contribution in [0.25, 0.3) is 6.08 Å². The average Bonchev–Trinajstić information content (AvgIpc) is 2.63. The van der Waals surface area contributed by atoms with Crippen LogP contribution in [0.15, 0.2) is 54.6 Å². The molecule has 0 bridgehead atoms. The molecule has 5 heteroatoms. The molecule has 1 saturated heterocycles. The Morgan fingerprint density at radius 1 is 1.00 bits per heavy atom. The number of nitrogens with one attached hydrogen (secondary N) is 1. The van der Waals surface area contributed by atoms with Crippen molar-refractivity contribution in [3.63, 3.8) is 0 Å². The quantitative estimate of drug-likeness (QED) is 0.666. The third-order valence-electron chi connectivity index (χ3n) is 4.37. The molecule has 0 spiro atoms. The number of carbonyl (C=O) groups is 1. The molecule has 5 nitrogen and oxygen atoms in total. The van der Waals surface area contributed by atoms with Crippen molar-refractivity contribution in [2.75, 3.05) is 49.2 Å².